The monoisotopic (exact) mass is 1160 g/mol. The number of nitrogens with zero attached hydrogens (tertiary/aromatic N) is 1. The quantitative estimate of drug-likeness (QED) is 0.0419. The third-order valence-electron chi connectivity index (χ3n) is 13.0. The molecule has 0 aliphatic carbocycles. The second kappa shape index (κ2) is 30.8. The standard InChI is InChI=1S/C54H68ClN11O12S2/c1-29(67)45-53(77)63-42(51(75)61-40(47(59)71)24-32-10-18-36(68)19-11-32)27-79-80-28-43(64-48(72)38(57)23-30-8-16-35(55)17-9-30)54(78)66(2)44(26-33-12-20-37(69)21-13-33)52(76)62-41(25-31-6-14-34(15-7-31)46(58)70)50(74)60-39(49(73)65-45)5-3-4-22-56/h6-21,29,38-45,67-69H,3-5,22-28,56-57H2,1-2H3,(H2,58,70)(H2,59,71)(H,60,74)(H,61,75)(H,62,76)(H,63,77)(H,64,72)(H,65,73)/t29?,38-,39-,40+,41+,42-,43+,44-,45?/m0/s1. The Morgan fingerprint density at radius 1 is 0.700 bits per heavy atom. The van der Waals surface area contributed by atoms with Crippen molar-refractivity contribution in [2.24, 2.45) is 22.9 Å². The van der Waals surface area contributed by atoms with Crippen molar-refractivity contribution in [2.75, 3.05) is 25.1 Å². The highest BCUT2D eigenvalue weighted by Crippen LogP contribution is 2.25. The van der Waals surface area contributed by atoms with Crippen molar-refractivity contribution < 1.29 is 58.5 Å². The molecule has 1 aliphatic rings. The maximum absolute atomic E-state index is 15.0. The van der Waals surface area contributed by atoms with Gasteiger partial charge in [0.05, 0.1) is 12.1 Å². The molecule has 23 nitrogen and oxygen atoms in total. The molecule has 1 heterocycles. The summed E-state index contributed by atoms with van der Waals surface area (Å²) in [5.74, 6) is -8.62. The van der Waals surface area contributed by atoms with E-state index >= 15 is 4.79 Å². The molecule has 1 aliphatic heterocycles. The van der Waals surface area contributed by atoms with Gasteiger partial charge < -0.3 is 75.1 Å². The van der Waals surface area contributed by atoms with E-state index in [1.165, 1.54) is 86.8 Å². The van der Waals surface area contributed by atoms with Crippen LogP contribution < -0.4 is 54.8 Å². The van der Waals surface area contributed by atoms with Crippen LogP contribution in [-0.4, -0.2) is 153 Å². The van der Waals surface area contributed by atoms with E-state index in [0.29, 0.717) is 33.7 Å². The van der Waals surface area contributed by atoms with Gasteiger partial charge in [-0.2, -0.15) is 0 Å². The zero-order valence-electron chi connectivity index (χ0n) is 44.0. The number of aliphatic hydroxyl groups excluding tert-OH is 1. The molecular formula is C54H68ClN11O12S2. The Morgan fingerprint density at radius 3 is 1.82 bits per heavy atom. The van der Waals surface area contributed by atoms with Gasteiger partial charge in [0, 0.05) is 48.4 Å². The van der Waals surface area contributed by atoms with Gasteiger partial charge in [0.2, 0.25) is 53.2 Å². The molecule has 1 fully saturated rings. The predicted octanol–water partition coefficient (Wildman–Crippen LogP) is -0.426. The van der Waals surface area contributed by atoms with Gasteiger partial charge in [-0.15, -0.1) is 0 Å². The highest BCUT2D eigenvalue weighted by Gasteiger charge is 2.38. The molecule has 430 valence electrons. The molecule has 2 unspecified atom stereocenters. The number of benzene rings is 4. The molecule has 1 saturated heterocycles. The maximum Gasteiger partial charge on any atom is 0.248 e. The van der Waals surface area contributed by atoms with Gasteiger partial charge in [-0.05, 0) is 110 Å². The summed E-state index contributed by atoms with van der Waals surface area (Å²) >= 11 is 6.08. The smallest absolute Gasteiger partial charge is 0.248 e. The topological polar surface area (TPSA) is 394 Å². The number of hydrogen-bond donors (Lipinski definition) is 13. The lowest BCUT2D eigenvalue weighted by Crippen LogP contribution is -2.62. The van der Waals surface area contributed by atoms with Crippen LogP contribution in [0.15, 0.2) is 97.1 Å². The number of carbonyl (C=O) groups is 9. The molecule has 26 heteroatoms. The van der Waals surface area contributed by atoms with Gasteiger partial charge in [-0.25, -0.2) is 0 Å². The fourth-order valence-corrected chi connectivity index (χ4v) is 10.8. The second-order valence-corrected chi connectivity index (χ2v) is 22.2. The summed E-state index contributed by atoms with van der Waals surface area (Å²) in [5.41, 5.74) is 25.6. The number of rotatable bonds is 19. The number of phenolic OH excluding ortho intramolecular Hbond substituents is 2. The Kier molecular flexibility index (Phi) is 24.4. The van der Waals surface area contributed by atoms with Crippen LogP contribution in [0.25, 0.3) is 0 Å². The van der Waals surface area contributed by atoms with E-state index < -0.39 is 108 Å². The largest absolute Gasteiger partial charge is 0.508 e. The fourth-order valence-electron chi connectivity index (χ4n) is 8.33. The van der Waals surface area contributed by atoms with E-state index in [1.807, 2.05) is 0 Å². The summed E-state index contributed by atoms with van der Waals surface area (Å²) in [7, 11) is 3.25. The number of nitrogens with two attached hydrogens (primary N) is 4. The average Bonchev–Trinajstić information content (AvgIpc) is 3.42. The molecule has 17 N–H and O–H groups in total. The first-order valence-electron chi connectivity index (χ1n) is 25.5. The van der Waals surface area contributed by atoms with Gasteiger partial charge in [0.25, 0.3) is 0 Å². The first kappa shape index (κ1) is 63.4. The molecule has 9 atom stereocenters. The molecule has 5 rings (SSSR count). The summed E-state index contributed by atoms with van der Waals surface area (Å²) in [4.78, 5) is 127. The summed E-state index contributed by atoms with van der Waals surface area (Å²) in [6, 6.07) is 12.4. The van der Waals surface area contributed by atoms with E-state index in [2.05, 4.69) is 31.9 Å². The highest BCUT2D eigenvalue weighted by molar-refractivity contribution is 8.76. The summed E-state index contributed by atoms with van der Waals surface area (Å²) in [5, 5.41) is 47.2. The van der Waals surface area contributed by atoms with Gasteiger partial charge in [-0.1, -0.05) is 81.7 Å². The van der Waals surface area contributed by atoms with Crippen LogP contribution in [0.4, 0.5) is 0 Å². The number of carbonyl (C=O) groups excluding carboxylic acids is 9. The first-order chi connectivity index (χ1) is 38.0. The minimum absolute atomic E-state index is 0.0273. The maximum atomic E-state index is 15.0. The number of aliphatic hydroxyl groups is 1. The normalized spacial score (nSPS) is 21.1. The Balaban J connectivity index is 1.60. The minimum atomic E-state index is -1.76. The zero-order valence-corrected chi connectivity index (χ0v) is 46.4. The molecule has 0 spiro atoms. The minimum Gasteiger partial charge on any atom is -0.508 e. The van der Waals surface area contributed by atoms with Gasteiger partial charge in [-0.3, -0.25) is 43.2 Å². The van der Waals surface area contributed by atoms with Gasteiger partial charge in [0.1, 0.15) is 53.8 Å². The number of likely N-dealkylation sites (N-methyl/N-ethyl adjacent to an activating group) is 1. The molecule has 0 bridgehead atoms. The summed E-state index contributed by atoms with van der Waals surface area (Å²) in [6.45, 7) is 1.42. The third kappa shape index (κ3) is 19.4. The van der Waals surface area contributed by atoms with Gasteiger partial charge >= 0.3 is 0 Å². The lowest BCUT2D eigenvalue weighted by atomic mass is 9.99. The van der Waals surface area contributed by atoms with Crippen molar-refractivity contribution in [3.63, 3.8) is 0 Å². The van der Waals surface area contributed by atoms with E-state index in [-0.39, 0.29) is 73.6 Å². The molecule has 9 amide bonds. The second-order valence-electron chi connectivity index (χ2n) is 19.2. The Morgan fingerprint density at radius 2 is 1.24 bits per heavy atom. The van der Waals surface area contributed by atoms with Gasteiger partial charge in [0.15, 0.2) is 0 Å². The molecule has 80 heavy (non-hydrogen) atoms. The zero-order chi connectivity index (χ0) is 58.6. The van der Waals surface area contributed by atoms with E-state index in [4.69, 9.17) is 34.5 Å². The van der Waals surface area contributed by atoms with E-state index in [1.54, 1.807) is 24.3 Å². The van der Waals surface area contributed by atoms with Crippen molar-refractivity contribution in [1.29, 1.82) is 0 Å². The van der Waals surface area contributed by atoms with E-state index in [9.17, 15) is 53.7 Å². The Labute approximate surface area is 475 Å². The van der Waals surface area contributed by atoms with Crippen molar-refractivity contribution in [2.45, 2.75) is 106 Å². The number of aromatic hydroxyl groups is 2. The number of halogens is 1. The molecule has 4 aromatic carbocycles. The fraction of sp³-hybridized carbons (Fsp3) is 0.389. The number of nitrogens with one attached hydrogen (secondary N) is 6. The van der Waals surface area contributed by atoms with Crippen molar-refractivity contribution >= 4 is 86.4 Å². The van der Waals surface area contributed by atoms with Crippen molar-refractivity contribution in [3.05, 3.63) is 130 Å². The van der Waals surface area contributed by atoms with Crippen molar-refractivity contribution in [1.82, 2.24) is 36.8 Å². The number of primary amides is 2. The predicted molar refractivity (Wildman–Crippen MR) is 302 cm³/mol. The van der Waals surface area contributed by atoms with Crippen LogP contribution in [0, 0.1) is 0 Å². The van der Waals surface area contributed by atoms with Crippen LogP contribution in [-0.2, 0) is 64.0 Å². The Hall–Kier alpha value is -7.42. The molecule has 4 aromatic rings. The lowest BCUT2D eigenvalue weighted by molar-refractivity contribution is -0.142. The highest BCUT2D eigenvalue weighted by atomic mass is 35.5. The first-order valence-corrected chi connectivity index (χ1v) is 28.3. The average molecular weight is 1160 g/mol. The van der Waals surface area contributed by atoms with Crippen LogP contribution in [0.5, 0.6) is 11.5 Å². The van der Waals surface area contributed by atoms with E-state index in [0.717, 1.165) is 26.5 Å². The molecule has 0 saturated carbocycles. The van der Waals surface area contributed by atoms with Crippen LogP contribution in [0.2, 0.25) is 5.02 Å². The molecule has 0 aromatic heterocycles. The van der Waals surface area contributed by atoms with Crippen molar-refractivity contribution in [3.8, 4) is 11.5 Å². The van der Waals surface area contributed by atoms with Crippen LogP contribution in [0.3, 0.4) is 0 Å². The lowest BCUT2D eigenvalue weighted by Gasteiger charge is -2.33. The number of unbranched alkanes of at least 4 members (excludes halogenated alkanes) is 1. The van der Waals surface area contributed by atoms with Crippen LogP contribution in [0.1, 0.15) is 58.8 Å². The number of amides is 9. The summed E-state index contributed by atoms with van der Waals surface area (Å²) < 4.78 is 0. The molecule has 0 radical (unpaired) electrons. The SMILES string of the molecule is CC(O)C1NC(=O)[C@H](CCCCN)NC(=O)[C@@H](Cc2ccc(C(N)=O)cc2)NC(=O)[C@H](Cc2ccc(O)cc2)N(C)C(=O)[C@H](NC(=O)[C@@H](N)Cc2ccc(Cl)cc2)CSSC[C@@H](C(=O)N[C@H](Cc2ccc(O)cc2)C(N)=O)NC1=O. The Bertz CT molecular complexity index is 2800. The number of phenols is 2. The number of hydrogen-bond acceptors (Lipinski definition) is 16. The van der Waals surface area contributed by atoms with Crippen LogP contribution >= 0.6 is 33.2 Å². The summed E-state index contributed by atoms with van der Waals surface area (Å²) in [6.07, 6.45) is -1.54. The third-order valence-corrected chi connectivity index (χ3v) is 15.7. The molecular weight excluding hydrogens is 1090 g/mol.